The smallest absolute Gasteiger partial charge is 0.308 e. The lowest BCUT2D eigenvalue weighted by molar-refractivity contribution is -0.147. The Labute approximate surface area is 157 Å². The molecule has 0 spiro atoms. The van der Waals surface area contributed by atoms with Crippen LogP contribution in [0.1, 0.15) is 19.8 Å². The molecule has 1 N–H and O–H groups in total. The van der Waals surface area contributed by atoms with Gasteiger partial charge in [0, 0.05) is 24.8 Å². The average molecular weight is 370 g/mol. The van der Waals surface area contributed by atoms with Crippen LogP contribution < -0.4 is 9.47 Å². The minimum atomic E-state index is -0.857. The quantitative estimate of drug-likeness (QED) is 0.841. The molecule has 7 heteroatoms. The Bertz CT molecular complexity index is 779. The number of carbonyl (C=O) groups is 2. The minimum absolute atomic E-state index is 0.0193. The molecule has 0 radical (unpaired) electrons. The van der Waals surface area contributed by atoms with Crippen LogP contribution in [0.4, 0.5) is 0 Å². The standard InChI is InChI=1S/C20H22N2O5/c1-14-5-6-15(20(24)25)12-22(14)19(23)13-26-16-7-9-17(10-8-16)27-18-4-2-3-11-21-18/h2-4,7-11,14-15H,5-6,12-13H2,1H3,(H,24,25). The summed E-state index contributed by atoms with van der Waals surface area (Å²) in [5.74, 6) is 0.0745. The normalized spacial score (nSPS) is 19.4. The molecule has 7 nitrogen and oxygen atoms in total. The van der Waals surface area contributed by atoms with Gasteiger partial charge in [-0.1, -0.05) is 6.07 Å². The number of rotatable bonds is 6. The van der Waals surface area contributed by atoms with Gasteiger partial charge in [-0.15, -0.1) is 0 Å². The summed E-state index contributed by atoms with van der Waals surface area (Å²) in [7, 11) is 0. The number of carboxylic acids is 1. The van der Waals surface area contributed by atoms with Gasteiger partial charge < -0.3 is 19.5 Å². The van der Waals surface area contributed by atoms with E-state index in [-0.39, 0.29) is 25.1 Å². The zero-order valence-electron chi connectivity index (χ0n) is 15.1. The molecule has 0 saturated carbocycles. The van der Waals surface area contributed by atoms with Gasteiger partial charge in [0.1, 0.15) is 11.5 Å². The molecule has 1 aromatic heterocycles. The van der Waals surface area contributed by atoms with E-state index in [2.05, 4.69) is 4.98 Å². The van der Waals surface area contributed by atoms with Gasteiger partial charge in [0.2, 0.25) is 5.88 Å². The van der Waals surface area contributed by atoms with E-state index in [1.54, 1.807) is 41.4 Å². The molecule has 2 heterocycles. The maximum Gasteiger partial charge on any atom is 0.308 e. The molecule has 2 aromatic rings. The molecule has 2 atom stereocenters. The van der Waals surface area contributed by atoms with Crippen LogP contribution in [0.25, 0.3) is 0 Å². The third-order valence-corrected chi connectivity index (χ3v) is 4.60. The fourth-order valence-corrected chi connectivity index (χ4v) is 3.02. The first-order valence-corrected chi connectivity index (χ1v) is 8.87. The van der Waals surface area contributed by atoms with Crippen LogP contribution in [-0.4, -0.2) is 46.1 Å². The first-order chi connectivity index (χ1) is 13.0. The van der Waals surface area contributed by atoms with Crippen molar-refractivity contribution in [2.45, 2.75) is 25.8 Å². The summed E-state index contributed by atoms with van der Waals surface area (Å²) in [4.78, 5) is 29.3. The molecule has 142 valence electrons. The molecule has 3 rings (SSSR count). The van der Waals surface area contributed by atoms with E-state index in [1.807, 2.05) is 19.1 Å². The maximum atomic E-state index is 12.4. The first-order valence-electron chi connectivity index (χ1n) is 8.87. The van der Waals surface area contributed by atoms with Gasteiger partial charge in [-0.05, 0) is 50.1 Å². The van der Waals surface area contributed by atoms with Crippen LogP contribution in [0.15, 0.2) is 48.7 Å². The fraction of sp³-hybridized carbons (Fsp3) is 0.350. The lowest BCUT2D eigenvalue weighted by atomic mass is 9.93. The Morgan fingerprint density at radius 3 is 2.56 bits per heavy atom. The predicted molar refractivity (Wildman–Crippen MR) is 97.8 cm³/mol. The maximum absolute atomic E-state index is 12.4. The number of likely N-dealkylation sites (tertiary alicyclic amines) is 1. The van der Waals surface area contributed by atoms with E-state index in [1.165, 1.54) is 0 Å². The molecule has 1 aliphatic rings. The second kappa shape index (κ2) is 8.53. The predicted octanol–water partition coefficient (Wildman–Crippen LogP) is 2.96. The number of ether oxygens (including phenoxy) is 2. The number of piperidine rings is 1. The van der Waals surface area contributed by atoms with E-state index < -0.39 is 11.9 Å². The van der Waals surface area contributed by atoms with Crippen LogP contribution in [0.2, 0.25) is 0 Å². The zero-order chi connectivity index (χ0) is 19.2. The van der Waals surface area contributed by atoms with Crippen LogP contribution in [-0.2, 0) is 9.59 Å². The van der Waals surface area contributed by atoms with E-state index in [0.717, 1.165) is 0 Å². The molecule has 27 heavy (non-hydrogen) atoms. The van der Waals surface area contributed by atoms with Crippen molar-refractivity contribution < 1.29 is 24.2 Å². The number of carboxylic acid groups (broad SMARTS) is 1. The lowest BCUT2D eigenvalue weighted by Gasteiger charge is -2.36. The number of benzene rings is 1. The van der Waals surface area contributed by atoms with Crippen molar-refractivity contribution in [3.8, 4) is 17.4 Å². The van der Waals surface area contributed by atoms with Crippen molar-refractivity contribution >= 4 is 11.9 Å². The topological polar surface area (TPSA) is 89.0 Å². The summed E-state index contributed by atoms with van der Waals surface area (Å²) in [6.07, 6.45) is 2.93. The SMILES string of the molecule is CC1CCC(C(=O)O)CN1C(=O)COc1ccc(Oc2ccccn2)cc1. The Kier molecular flexibility index (Phi) is 5.90. The largest absolute Gasteiger partial charge is 0.484 e. The van der Waals surface area contributed by atoms with Crippen LogP contribution in [0.3, 0.4) is 0 Å². The van der Waals surface area contributed by atoms with Crippen LogP contribution in [0.5, 0.6) is 17.4 Å². The van der Waals surface area contributed by atoms with Gasteiger partial charge >= 0.3 is 5.97 Å². The fourth-order valence-electron chi connectivity index (χ4n) is 3.02. The average Bonchev–Trinajstić information content (AvgIpc) is 2.68. The molecule has 1 saturated heterocycles. The zero-order valence-corrected chi connectivity index (χ0v) is 15.1. The number of pyridine rings is 1. The Morgan fingerprint density at radius 1 is 1.15 bits per heavy atom. The summed E-state index contributed by atoms with van der Waals surface area (Å²) in [6, 6.07) is 12.3. The summed E-state index contributed by atoms with van der Waals surface area (Å²) in [6.45, 7) is 2.03. The van der Waals surface area contributed by atoms with Crippen molar-refractivity contribution in [1.29, 1.82) is 0 Å². The van der Waals surface area contributed by atoms with Gasteiger partial charge in [-0.3, -0.25) is 9.59 Å². The van der Waals surface area contributed by atoms with Crippen molar-refractivity contribution in [2.24, 2.45) is 5.92 Å². The number of aromatic nitrogens is 1. The van der Waals surface area contributed by atoms with Crippen molar-refractivity contribution in [1.82, 2.24) is 9.88 Å². The van der Waals surface area contributed by atoms with E-state index in [4.69, 9.17) is 9.47 Å². The molecule has 1 aromatic carbocycles. The highest BCUT2D eigenvalue weighted by molar-refractivity contribution is 5.79. The molecule has 1 fully saturated rings. The molecular weight excluding hydrogens is 348 g/mol. The Hall–Kier alpha value is -3.09. The third-order valence-electron chi connectivity index (χ3n) is 4.60. The van der Waals surface area contributed by atoms with Gasteiger partial charge in [0.15, 0.2) is 6.61 Å². The molecule has 0 bridgehead atoms. The van der Waals surface area contributed by atoms with Gasteiger partial charge in [0.25, 0.3) is 5.91 Å². The molecule has 1 aliphatic heterocycles. The summed E-state index contributed by atoms with van der Waals surface area (Å²) in [5, 5.41) is 9.18. The third kappa shape index (κ3) is 4.97. The molecule has 0 aliphatic carbocycles. The number of nitrogens with zero attached hydrogens (tertiary/aromatic N) is 2. The molecule has 1 amide bonds. The highest BCUT2D eigenvalue weighted by Gasteiger charge is 2.32. The van der Waals surface area contributed by atoms with Gasteiger partial charge in [-0.2, -0.15) is 0 Å². The summed E-state index contributed by atoms with van der Waals surface area (Å²) in [5.41, 5.74) is 0. The number of aliphatic carboxylic acids is 1. The molecular formula is C20H22N2O5. The second-order valence-corrected chi connectivity index (χ2v) is 6.54. The van der Waals surface area contributed by atoms with Crippen LogP contribution in [0, 0.1) is 5.92 Å². The highest BCUT2D eigenvalue weighted by Crippen LogP contribution is 2.24. The number of amides is 1. The van der Waals surface area contributed by atoms with Crippen molar-refractivity contribution in [2.75, 3.05) is 13.2 Å². The number of carbonyl (C=O) groups excluding carboxylic acids is 1. The lowest BCUT2D eigenvalue weighted by Crippen LogP contribution is -2.49. The second-order valence-electron chi connectivity index (χ2n) is 6.54. The highest BCUT2D eigenvalue weighted by atomic mass is 16.5. The van der Waals surface area contributed by atoms with Crippen LogP contribution >= 0.6 is 0 Å². The monoisotopic (exact) mass is 370 g/mol. The van der Waals surface area contributed by atoms with Gasteiger partial charge in [-0.25, -0.2) is 4.98 Å². The Balaban J connectivity index is 1.53. The molecule has 2 unspecified atom stereocenters. The number of hydrogen-bond donors (Lipinski definition) is 1. The van der Waals surface area contributed by atoms with E-state index >= 15 is 0 Å². The number of hydrogen-bond acceptors (Lipinski definition) is 5. The summed E-state index contributed by atoms with van der Waals surface area (Å²) < 4.78 is 11.2. The minimum Gasteiger partial charge on any atom is -0.484 e. The van der Waals surface area contributed by atoms with Crippen molar-refractivity contribution in [3.63, 3.8) is 0 Å². The van der Waals surface area contributed by atoms with Crippen molar-refractivity contribution in [3.05, 3.63) is 48.7 Å². The van der Waals surface area contributed by atoms with E-state index in [0.29, 0.717) is 30.2 Å². The van der Waals surface area contributed by atoms with E-state index in [9.17, 15) is 14.7 Å². The van der Waals surface area contributed by atoms with Gasteiger partial charge in [0.05, 0.1) is 5.92 Å². The first kappa shape index (κ1) is 18.7. The summed E-state index contributed by atoms with van der Waals surface area (Å²) >= 11 is 0. The Morgan fingerprint density at radius 2 is 1.89 bits per heavy atom.